The number of anilines is 2. The number of amides is 2. The highest BCUT2D eigenvalue weighted by Gasteiger charge is 2.17. The summed E-state index contributed by atoms with van der Waals surface area (Å²) >= 11 is 0. The van der Waals surface area contributed by atoms with Gasteiger partial charge in [0, 0.05) is 13.2 Å². The third-order valence-electron chi connectivity index (χ3n) is 3.46. The highest BCUT2D eigenvalue weighted by molar-refractivity contribution is 5.99. The number of para-hydroxylation sites is 2. The SMILES string of the molecule is CC(CCO)CNC(=O)N(c1ccccc1)c1ccccc1. The van der Waals surface area contributed by atoms with E-state index < -0.39 is 0 Å². The van der Waals surface area contributed by atoms with E-state index >= 15 is 0 Å². The summed E-state index contributed by atoms with van der Waals surface area (Å²) in [7, 11) is 0. The molecule has 22 heavy (non-hydrogen) atoms. The lowest BCUT2D eigenvalue weighted by molar-refractivity contribution is 0.240. The van der Waals surface area contributed by atoms with Crippen LogP contribution in [-0.2, 0) is 0 Å². The monoisotopic (exact) mass is 298 g/mol. The molecule has 2 aromatic carbocycles. The van der Waals surface area contributed by atoms with Gasteiger partial charge in [0.05, 0.1) is 11.4 Å². The number of nitrogens with zero attached hydrogens (tertiary/aromatic N) is 1. The molecule has 1 atom stereocenters. The molecule has 0 aliphatic heterocycles. The zero-order valence-electron chi connectivity index (χ0n) is 12.8. The minimum absolute atomic E-state index is 0.137. The molecular weight excluding hydrogens is 276 g/mol. The van der Waals surface area contributed by atoms with Gasteiger partial charge in [-0.25, -0.2) is 4.79 Å². The van der Waals surface area contributed by atoms with E-state index in [-0.39, 0.29) is 18.6 Å². The molecule has 0 bridgehead atoms. The number of nitrogens with one attached hydrogen (secondary N) is 1. The van der Waals surface area contributed by atoms with E-state index in [1.807, 2.05) is 67.6 Å². The van der Waals surface area contributed by atoms with Crippen molar-refractivity contribution in [2.45, 2.75) is 13.3 Å². The fraction of sp³-hybridized carbons (Fsp3) is 0.278. The van der Waals surface area contributed by atoms with E-state index in [0.29, 0.717) is 13.0 Å². The fourth-order valence-electron chi connectivity index (χ4n) is 2.20. The minimum atomic E-state index is -0.165. The van der Waals surface area contributed by atoms with Crippen molar-refractivity contribution < 1.29 is 9.90 Å². The summed E-state index contributed by atoms with van der Waals surface area (Å²) in [5.74, 6) is 0.238. The molecule has 0 aromatic heterocycles. The summed E-state index contributed by atoms with van der Waals surface area (Å²) in [4.78, 5) is 14.3. The number of benzene rings is 2. The van der Waals surface area contributed by atoms with Crippen LogP contribution in [0.4, 0.5) is 16.2 Å². The molecule has 2 amide bonds. The topological polar surface area (TPSA) is 52.6 Å². The van der Waals surface area contributed by atoms with Crippen molar-refractivity contribution in [3.8, 4) is 0 Å². The summed E-state index contributed by atoms with van der Waals surface area (Å²) < 4.78 is 0. The largest absolute Gasteiger partial charge is 0.396 e. The molecule has 2 N–H and O–H groups in total. The summed E-state index contributed by atoms with van der Waals surface area (Å²) in [6, 6.07) is 18.9. The minimum Gasteiger partial charge on any atom is -0.396 e. The third-order valence-corrected chi connectivity index (χ3v) is 3.46. The lowest BCUT2D eigenvalue weighted by Gasteiger charge is -2.24. The van der Waals surface area contributed by atoms with E-state index in [0.717, 1.165) is 11.4 Å². The molecule has 2 aromatic rings. The maximum atomic E-state index is 12.6. The number of carbonyl (C=O) groups excluding carboxylic acids is 1. The van der Waals surface area contributed by atoms with E-state index in [1.54, 1.807) is 4.90 Å². The Bertz CT molecular complexity index is 533. The Balaban J connectivity index is 2.17. The maximum Gasteiger partial charge on any atom is 0.326 e. The molecular formula is C18H22N2O2. The standard InChI is InChI=1S/C18H22N2O2/c1-15(12-13-21)14-19-18(22)20(16-8-4-2-5-9-16)17-10-6-3-7-11-17/h2-11,15,21H,12-14H2,1H3,(H,19,22). The van der Waals surface area contributed by atoms with Gasteiger partial charge in [-0.2, -0.15) is 0 Å². The summed E-state index contributed by atoms with van der Waals surface area (Å²) in [5.41, 5.74) is 1.64. The van der Waals surface area contributed by atoms with Crippen LogP contribution in [0.25, 0.3) is 0 Å². The molecule has 0 saturated heterocycles. The summed E-state index contributed by atoms with van der Waals surface area (Å²) in [5, 5.41) is 11.9. The summed E-state index contributed by atoms with van der Waals surface area (Å²) in [6.45, 7) is 2.68. The average Bonchev–Trinajstić information content (AvgIpc) is 2.55. The smallest absolute Gasteiger partial charge is 0.326 e. The van der Waals surface area contributed by atoms with E-state index in [2.05, 4.69) is 5.32 Å². The van der Waals surface area contributed by atoms with Gasteiger partial charge in [0.15, 0.2) is 0 Å². The van der Waals surface area contributed by atoms with Crippen LogP contribution in [0.3, 0.4) is 0 Å². The van der Waals surface area contributed by atoms with Gasteiger partial charge in [-0.15, -0.1) is 0 Å². The highest BCUT2D eigenvalue weighted by atomic mass is 16.3. The van der Waals surface area contributed by atoms with Crippen molar-refractivity contribution in [3.05, 3.63) is 60.7 Å². The Morgan fingerprint density at radius 3 is 2.00 bits per heavy atom. The second-order valence-corrected chi connectivity index (χ2v) is 5.31. The lowest BCUT2D eigenvalue weighted by Crippen LogP contribution is -2.39. The predicted octanol–water partition coefficient (Wildman–Crippen LogP) is 3.55. The van der Waals surface area contributed by atoms with Gasteiger partial charge in [-0.3, -0.25) is 4.90 Å². The van der Waals surface area contributed by atoms with E-state index in [1.165, 1.54) is 0 Å². The molecule has 0 aliphatic carbocycles. The van der Waals surface area contributed by atoms with Gasteiger partial charge in [-0.05, 0) is 36.6 Å². The fourth-order valence-corrected chi connectivity index (χ4v) is 2.20. The number of aliphatic hydroxyl groups excluding tert-OH is 1. The second kappa shape index (κ2) is 8.20. The Kier molecular flexibility index (Phi) is 5.98. The van der Waals surface area contributed by atoms with Crippen LogP contribution < -0.4 is 10.2 Å². The first-order valence-corrected chi connectivity index (χ1v) is 7.51. The van der Waals surface area contributed by atoms with Crippen LogP contribution in [0.2, 0.25) is 0 Å². The van der Waals surface area contributed by atoms with E-state index in [9.17, 15) is 4.79 Å². The quantitative estimate of drug-likeness (QED) is 0.857. The first-order valence-electron chi connectivity index (χ1n) is 7.51. The molecule has 0 aliphatic rings. The molecule has 4 heteroatoms. The maximum absolute atomic E-state index is 12.6. The van der Waals surface area contributed by atoms with Crippen molar-refractivity contribution in [1.29, 1.82) is 0 Å². The number of rotatable bonds is 6. The van der Waals surface area contributed by atoms with Gasteiger partial charge in [0.2, 0.25) is 0 Å². The lowest BCUT2D eigenvalue weighted by atomic mass is 10.1. The Morgan fingerprint density at radius 2 is 1.55 bits per heavy atom. The number of hydrogen-bond acceptors (Lipinski definition) is 2. The van der Waals surface area contributed by atoms with Gasteiger partial charge >= 0.3 is 6.03 Å². The average molecular weight is 298 g/mol. The highest BCUT2D eigenvalue weighted by Crippen LogP contribution is 2.24. The normalized spacial score (nSPS) is 11.7. The number of urea groups is 1. The number of aliphatic hydroxyl groups is 1. The van der Waals surface area contributed by atoms with Gasteiger partial charge in [0.1, 0.15) is 0 Å². The Hall–Kier alpha value is -2.33. The summed E-state index contributed by atoms with van der Waals surface area (Å²) in [6.07, 6.45) is 0.678. The molecule has 1 unspecified atom stereocenters. The van der Waals surface area contributed by atoms with Gasteiger partial charge in [0.25, 0.3) is 0 Å². The Morgan fingerprint density at radius 1 is 1.05 bits per heavy atom. The molecule has 4 nitrogen and oxygen atoms in total. The molecule has 2 rings (SSSR count). The van der Waals surface area contributed by atoms with Crippen LogP contribution >= 0.6 is 0 Å². The molecule has 0 radical (unpaired) electrons. The van der Waals surface area contributed by atoms with Crippen molar-refractivity contribution >= 4 is 17.4 Å². The van der Waals surface area contributed by atoms with Gasteiger partial charge < -0.3 is 10.4 Å². The molecule has 0 saturated carbocycles. The van der Waals surface area contributed by atoms with E-state index in [4.69, 9.17) is 5.11 Å². The number of carbonyl (C=O) groups is 1. The predicted molar refractivity (Wildman–Crippen MR) is 89.3 cm³/mol. The van der Waals surface area contributed by atoms with Crippen LogP contribution in [0.5, 0.6) is 0 Å². The molecule has 116 valence electrons. The second-order valence-electron chi connectivity index (χ2n) is 5.31. The van der Waals surface area contributed by atoms with Crippen LogP contribution in [-0.4, -0.2) is 24.3 Å². The zero-order valence-corrected chi connectivity index (χ0v) is 12.8. The molecule has 0 fully saturated rings. The third kappa shape index (κ3) is 4.33. The van der Waals surface area contributed by atoms with Crippen molar-refractivity contribution in [3.63, 3.8) is 0 Å². The van der Waals surface area contributed by atoms with Crippen LogP contribution in [0, 0.1) is 5.92 Å². The zero-order chi connectivity index (χ0) is 15.8. The van der Waals surface area contributed by atoms with Gasteiger partial charge in [-0.1, -0.05) is 43.3 Å². The molecule has 0 spiro atoms. The molecule has 0 heterocycles. The van der Waals surface area contributed by atoms with Crippen LogP contribution in [0.1, 0.15) is 13.3 Å². The van der Waals surface area contributed by atoms with Crippen molar-refractivity contribution in [1.82, 2.24) is 5.32 Å². The van der Waals surface area contributed by atoms with Crippen LogP contribution in [0.15, 0.2) is 60.7 Å². The Labute approximate surface area is 131 Å². The number of hydrogen-bond donors (Lipinski definition) is 2. The van der Waals surface area contributed by atoms with Crippen molar-refractivity contribution in [2.75, 3.05) is 18.1 Å². The van der Waals surface area contributed by atoms with Crippen molar-refractivity contribution in [2.24, 2.45) is 5.92 Å². The first kappa shape index (κ1) is 16.0. The first-order chi connectivity index (χ1) is 10.7.